The van der Waals surface area contributed by atoms with Crippen LogP contribution in [0, 0.1) is 6.92 Å². The number of hydrogen-bond acceptors (Lipinski definition) is 6. The molecule has 0 radical (unpaired) electrons. The zero-order valence-electron chi connectivity index (χ0n) is 11.9. The number of nitrogens with two attached hydrogens (primary N) is 1. The van der Waals surface area contributed by atoms with E-state index in [-0.39, 0.29) is 0 Å². The predicted octanol–water partition coefficient (Wildman–Crippen LogP) is 2.39. The molecule has 0 aliphatic rings. The molecule has 0 bridgehead atoms. The van der Waals surface area contributed by atoms with E-state index < -0.39 is 0 Å². The second kappa shape index (κ2) is 6.21. The van der Waals surface area contributed by atoms with Crippen molar-refractivity contribution in [1.82, 2.24) is 9.97 Å². The minimum atomic E-state index is 0.588. The molecule has 0 unspecified atom stereocenters. The Kier molecular flexibility index (Phi) is 4.37. The lowest BCUT2D eigenvalue weighted by Gasteiger charge is -2.11. The Bertz CT molecular complexity index is 578. The molecule has 0 atom stereocenters. The maximum atomic E-state index is 5.41. The molecule has 0 aliphatic carbocycles. The minimum absolute atomic E-state index is 0.588. The van der Waals surface area contributed by atoms with Gasteiger partial charge in [-0.15, -0.1) is 0 Å². The Morgan fingerprint density at radius 3 is 2.55 bits per heavy atom. The van der Waals surface area contributed by atoms with Gasteiger partial charge >= 0.3 is 0 Å². The predicted molar refractivity (Wildman–Crippen MR) is 80.2 cm³/mol. The van der Waals surface area contributed by atoms with Gasteiger partial charge in [-0.25, -0.2) is 15.8 Å². The van der Waals surface area contributed by atoms with Gasteiger partial charge in [-0.3, -0.25) is 0 Å². The second-order valence-electron chi connectivity index (χ2n) is 4.36. The van der Waals surface area contributed by atoms with Crippen molar-refractivity contribution in [3.63, 3.8) is 0 Å². The Balaban J connectivity index is 2.27. The van der Waals surface area contributed by atoms with Gasteiger partial charge in [0.15, 0.2) is 0 Å². The van der Waals surface area contributed by atoms with Gasteiger partial charge in [-0.05, 0) is 30.7 Å². The normalized spacial score (nSPS) is 10.2. The zero-order chi connectivity index (χ0) is 14.5. The van der Waals surface area contributed by atoms with Crippen molar-refractivity contribution in [1.29, 1.82) is 0 Å². The molecule has 20 heavy (non-hydrogen) atoms. The number of aryl methyl sites for hydroxylation is 2. The smallest absolute Gasteiger partial charge is 0.145 e. The third-order valence-corrected chi connectivity index (χ3v) is 2.90. The Hall–Kier alpha value is -2.34. The van der Waals surface area contributed by atoms with Gasteiger partial charge in [0.05, 0.1) is 7.11 Å². The van der Waals surface area contributed by atoms with Gasteiger partial charge in [-0.2, -0.15) is 0 Å². The number of rotatable bonds is 5. The van der Waals surface area contributed by atoms with Gasteiger partial charge in [-0.1, -0.05) is 6.92 Å². The van der Waals surface area contributed by atoms with Crippen LogP contribution in [0.15, 0.2) is 24.3 Å². The number of nitrogens with zero attached hydrogens (tertiary/aromatic N) is 2. The molecular formula is C14H19N5O. The molecule has 1 aromatic heterocycles. The summed E-state index contributed by atoms with van der Waals surface area (Å²) in [6, 6.07) is 7.62. The summed E-state index contributed by atoms with van der Waals surface area (Å²) >= 11 is 0. The first-order valence-corrected chi connectivity index (χ1v) is 6.42. The lowest BCUT2D eigenvalue weighted by Crippen LogP contribution is -2.11. The van der Waals surface area contributed by atoms with Crippen LogP contribution in [-0.4, -0.2) is 17.1 Å². The average molecular weight is 273 g/mol. The first-order valence-electron chi connectivity index (χ1n) is 6.42. The van der Waals surface area contributed by atoms with Gasteiger partial charge in [0.1, 0.15) is 23.2 Å². The molecule has 6 nitrogen and oxygen atoms in total. The van der Waals surface area contributed by atoms with E-state index in [1.54, 1.807) is 13.2 Å². The van der Waals surface area contributed by atoms with Crippen LogP contribution in [0.5, 0.6) is 5.75 Å². The summed E-state index contributed by atoms with van der Waals surface area (Å²) in [5, 5.41) is 3.24. The van der Waals surface area contributed by atoms with Crippen LogP contribution in [-0.2, 0) is 6.42 Å². The van der Waals surface area contributed by atoms with E-state index in [9.17, 15) is 0 Å². The van der Waals surface area contributed by atoms with Crippen LogP contribution in [0.4, 0.5) is 17.3 Å². The topological polar surface area (TPSA) is 85.1 Å². The van der Waals surface area contributed by atoms with E-state index in [1.807, 2.05) is 32.0 Å². The van der Waals surface area contributed by atoms with Gasteiger partial charge < -0.3 is 15.5 Å². The summed E-state index contributed by atoms with van der Waals surface area (Å²) in [5.74, 6) is 8.29. The van der Waals surface area contributed by atoms with Crippen LogP contribution in [0.1, 0.15) is 18.3 Å². The fourth-order valence-corrected chi connectivity index (χ4v) is 1.90. The fourth-order valence-electron chi connectivity index (χ4n) is 1.90. The van der Waals surface area contributed by atoms with E-state index >= 15 is 0 Å². The van der Waals surface area contributed by atoms with Gasteiger partial charge in [0.25, 0.3) is 0 Å². The van der Waals surface area contributed by atoms with Crippen LogP contribution in [0.2, 0.25) is 0 Å². The Morgan fingerprint density at radius 2 is 1.95 bits per heavy atom. The molecular weight excluding hydrogens is 254 g/mol. The number of methoxy groups -OCH3 is 1. The van der Waals surface area contributed by atoms with Gasteiger partial charge in [0.2, 0.25) is 0 Å². The van der Waals surface area contributed by atoms with Crippen LogP contribution in [0.3, 0.4) is 0 Å². The molecule has 0 fully saturated rings. The number of aromatic nitrogens is 2. The van der Waals surface area contributed by atoms with Crippen molar-refractivity contribution < 1.29 is 4.74 Å². The zero-order valence-corrected chi connectivity index (χ0v) is 11.9. The molecule has 0 spiro atoms. The van der Waals surface area contributed by atoms with E-state index in [0.717, 1.165) is 29.2 Å². The number of hydrazine groups is 1. The Labute approximate surface area is 118 Å². The number of nitrogens with one attached hydrogen (secondary N) is 2. The van der Waals surface area contributed by atoms with E-state index in [4.69, 9.17) is 10.6 Å². The van der Waals surface area contributed by atoms with Crippen molar-refractivity contribution in [3.8, 4) is 5.75 Å². The first kappa shape index (κ1) is 14.1. The van der Waals surface area contributed by atoms with Crippen LogP contribution in [0.25, 0.3) is 0 Å². The largest absolute Gasteiger partial charge is 0.496 e. The molecule has 0 saturated heterocycles. The van der Waals surface area contributed by atoms with E-state index in [1.165, 1.54) is 0 Å². The van der Waals surface area contributed by atoms with Crippen molar-refractivity contribution in [2.45, 2.75) is 20.3 Å². The number of anilines is 3. The fraction of sp³-hybridized carbons (Fsp3) is 0.286. The van der Waals surface area contributed by atoms with Crippen molar-refractivity contribution in [2.75, 3.05) is 17.9 Å². The number of ether oxygens (including phenoxy) is 1. The lowest BCUT2D eigenvalue weighted by atomic mass is 10.2. The Morgan fingerprint density at radius 1 is 1.20 bits per heavy atom. The summed E-state index contributed by atoms with van der Waals surface area (Å²) in [5.41, 5.74) is 4.54. The van der Waals surface area contributed by atoms with E-state index in [2.05, 4.69) is 20.7 Å². The second-order valence-corrected chi connectivity index (χ2v) is 4.36. The molecule has 0 amide bonds. The number of hydrogen-bond donors (Lipinski definition) is 3. The minimum Gasteiger partial charge on any atom is -0.496 e. The highest BCUT2D eigenvalue weighted by Crippen LogP contribution is 2.24. The van der Waals surface area contributed by atoms with Crippen molar-refractivity contribution in [3.05, 3.63) is 35.7 Å². The molecule has 1 heterocycles. The van der Waals surface area contributed by atoms with Crippen LogP contribution >= 0.6 is 0 Å². The summed E-state index contributed by atoms with van der Waals surface area (Å²) in [6.07, 6.45) is 0.742. The first-order chi connectivity index (χ1) is 9.66. The SMILES string of the molecule is CCc1nc(NN)cc(Nc2ccc(OC)c(C)c2)n1. The summed E-state index contributed by atoms with van der Waals surface area (Å²) in [4.78, 5) is 8.67. The molecule has 0 saturated carbocycles. The highest BCUT2D eigenvalue weighted by Gasteiger charge is 2.05. The van der Waals surface area contributed by atoms with Crippen molar-refractivity contribution >= 4 is 17.3 Å². The summed E-state index contributed by atoms with van der Waals surface area (Å²) in [7, 11) is 1.66. The average Bonchev–Trinajstić information content (AvgIpc) is 2.47. The summed E-state index contributed by atoms with van der Waals surface area (Å²) in [6.45, 7) is 3.99. The third-order valence-electron chi connectivity index (χ3n) is 2.90. The third kappa shape index (κ3) is 3.16. The van der Waals surface area contributed by atoms with Gasteiger partial charge in [0, 0.05) is 18.2 Å². The molecule has 2 aromatic rings. The molecule has 106 valence electrons. The summed E-state index contributed by atoms with van der Waals surface area (Å²) < 4.78 is 5.24. The molecule has 4 N–H and O–H groups in total. The van der Waals surface area contributed by atoms with Crippen molar-refractivity contribution in [2.24, 2.45) is 5.84 Å². The molecule has 6 heteroatoms. The quantitative estimate of drug-likeness (QED) is 0.573. The highest BCUT2D eigenvalue weighted by molar-refractivity contribution is 5.61. The van der Waals surface area contributed by atoms with E-state index in [0.29, 0.717) is 11.6 Å². The number of benzene rings is 1. The molecule has 0 aliphatic heterocycles. The molecule has 1 aromatic carbocycles. The standard InChI is InChI=1S/C14H19N5O/c1-4-12-17-13(8-14(18-12)19-15)16-10-5-6-11(20-3)9(2)7-10/h5-8H,4,15H2,1-3H3,(H2,16,17,18,19). The maximum Gasteiger partial charge on any atom is 0.145 e. The molecule has 2 rings (SSSR count). The monoisotopic (exact) mass is 273 g/mol. The lowest BCUT2D eigenvalue weighted by molar-refractivity contribution is 0.412. The van der Waals surface area contributed by atoms with Crippen LogP contribution < -0.4 is 21.3 Å². The highest BCUT2D eigenvalue weighted by atomic mass is 16.5. The maximum absolute atomic E-state index is 5.41. The number of nitrogen functional groups attached to an aromatic ring is 1.